The summed E-state index contributed by atoms with van der Waals surface area (Å²) in [5, 5.41) is 2.84. The Hall–Kier alpha value is -0.960. The molecule has 0 unspecified atom stereocenters. The predicted octanol–water partition coefficient (Wildman–Crippen LogP) is 3.32. The van der Waals surface area contributed by atoms with Gasteiger partial charge in [-0.05, 0) is 29.9 Å². The minimum absolute atomic E-state index is 0.0828. The van der Waals surface area contributed by atoms with Crippen LogP contribution < -0.4 is 5.32 Å². The monoisotopic (exact) mass is 277 g/mol. The standard InChI is InChI=1S/C16H23NOS/c18-16(17-10-11-19)12-13-6-8-15(9-7-13)14-4-2-1-3-5-14/h6-9,14,19H,1-5,10-12H2,(H,17,18). The van der Waals surface area contributed by atoms with Crippen LogP contribution in [0.15, 0.2) is 24.3 Å². The van der Waals surface area contributed by atoms with Crippen LogP contribution in [0.5, 0.6) is 0 Å². The van der Waals surface area contributed by atoms with Crippen LogP contribution in [0.2, 0.25) is 0 Å². The molecule has 0 saturated heterocycles. The quantitative estimate of drug-likeness (QED) is 0.794. The van der Waals surface area contributed by atoms with Gasteiger partial charge in [0, 0.05) is 12.3 Å². The van der Waals surface area contributed by atoms with E-state index < -0.39 is 0 Å². The summed E-state index contributed by atoms with van der Waals surface area (Å²) < 4.78 is 0. The lowest BCUT2D eigenvalue weighted by Gasteiger charge is -2.22. The maximum Gasteiger partial charge on any atom is 0.224 e. The highest BCUT2D eigenvalue weighted by Crippen LogP contribution is 2.32. The van der Waals surface area contributed by atoms with Crippen molar-refractivity contribution in [3.63, 3.8) is 0 Å². The third-order valence-electron chi connectivity index (χ3n) is 3.85. The third-order valence-corrected chi connectivity index (χ3v) is 4.08. The summed E-state index contributed by atoms with van der Waals surface area (Å²) in [5.74, 6) is 1.51. The van der Waals surface area contributed by atoms with Gasteiger partial charge in [0.15, 0.2) is 0 Å². The molecular formula is C16H23NOS. The molecule has 0 aliphatic heterocycles. The molecular weight excluding hydrogens is 254 g/mol. The van der Waals surface area contributed by atoms with Gasteiger partial charge in [0.1, 0.15) is 0 Å². The fourth-order valence-corrected chi connectivity index (χ4v) is 2.90. The van der Waals surface area contributed by atoms with E-state index in [9.17, 15) is 4.79 Å². The molecule has 0 radical (unpaired) electrons. The van der Waals surface area contributed by atoms with Crippen LogP contribution in [0.25, 0.3) is 0 Å². The van der Waals surface area contributed by atoms with Crippen molar-refractivity contribution in [2.24, 2.45) is 0 Å². The summed E-state index contributed by atoms with van der Waals surface area (Å²) >= 11 is 4.08. The van der Waals surface area contributed by atoms with E-state index in [4.69, 9.17) is 0 Å². The lowest BCUT2D eigenvalue weighted by Crippen LogP contribution is -2.26. The third kappa shape index (κ3) is 4.57. The lowest BCUT2D eigenvalue weighted by molar-refractivity contribution is -0.120. The summed E-state index contributed by atoms with van der Waals surface area (Å²) in [5.41, 5.74) is 2.54. The number of rotatable bonds is 5. The molecule has 0 heterocycles. The first-order chi connectivity index (χ1) is 9.29. The topological polar surface area (TPSA) is 29.1 Å². The van der Waals surface area contributed by atoms with Crippen molar-refractivity contribution in [1.82, 2.24) is 5.32 Å². The predicted molar refractivity (Wildman–Crippen MR) is 82.8 cm³/mol. The number of carbonyl (C=O) groups is 1. The minimum Gasteiger partial charge on any atom is -0.355 e. The molecule has 3 heteroatoms. The van der Waals surface area contributed by atoms with E-state index in [-0.39, 0.29) is 5.91 Å². The second-order valence-corrected chi connectivity index (χ2v) is 5.77. The molecule has 1 aromatic carbocycles. The summed E-state index contributed by atoms with van der Waals surface area (Å²) in [7, 11) is 0. The molecule has 1 saturated carbocycles. The molecule has 1 fully saturated rings. The Balaban J connectivity index is 1.88. The van der Waals surface area contributed by atoms with Gasteiger partial charge in [-0.15, -0.1) is 0 Å². The SMILES string of the molecule is O=C(Cc1ccc(C2CCCCC2)cc1)NCCS. The molecule has 1 aliphatic rings. The number of thiol groups is 1. The van der Waals surface area contributed by atoms with E-state index in [0.717, 1.165) is 11.5 Å². The van der Waals surface area contributed by atoms with Gasteiger partial charge in [0.05, 0.1) is 6.42 Å². The molecule has 2 nitrogen and oxygen atoms in total. The van der Waals surface area contributed by atoms with E-state index >= 15 is 0 Å². The lowest BCUT2D eigenvalue weighted by atomic mass is 9.84. The van der Waals surface area contributed by atoms with Crippen LogP contribution >= 0.6 is 12.6 Å². The molecule has 0 aromatic heterocycles. The van der Waals surface area contributed by atoms with Gasteiger partial charge in [-0.3, -0.25) is 4.79 Å². The van der Waals surface area contributed by atoms with Crippen molar-refractivity contribution in [1.29, 1.82) is 0 Å². The molecule has 104 valence electrons. The molecule has 1 aromatic rings. The van der Waals surface area contributed by atoms with E-state index in [1.165, 1.54) is 37.7 Å². The average Bonchev–Trinajstić information content (AvgIpc) is 2.47. The summed E-state index contributed by atoms with van der Waals surface area (Å²) in [6.07, 6.45) is 7.22. The van der Waals surface area contributed by atoms with Gasteiger partial charge in [0.2, 0.25) is 5.91 Å². The number of amides is 1. The smallest absolute Gasteiger partial charge is 0.224 e. The van der Waals surface area contributed by atoms with Crippen molar-refractivity contribution < 1.29 is 4.79 Å². The number of benzene rings is 1. The van der Waals surface area contributed by atoms with E-state index in [2.05, 4.69) is 42.2 Å². The maximum atomic E-state index is 11.6. The number of nitrogens with one attached hydrogen (secondary N) is 1. The Morgan fingerprint density at radius 3 is 2.47 bits per heavy atom. The van der Waals surface area contributed by atoms with E-state index in [1.807, 2.05) is 0 Å². The summed E-state index contributed by atoms with van der Waals surface area (Å²) in [4.78, 5) is 11.6. The first-order valence-corrected chi connectivity index (χ1v) is 7.89. The number of hydrogen-bond acceptors (Lipinski definition) is 2. The normalized spacial score (nSPS) is 16.3. The van der Waals surface area contributed by atoms with Crippen LogP contribution in [0.1, 0.15) is 49.1 Å². The molecule has 0 spiro atoms. The first-order valence-electron chi connectivity index (χ1n) is 7.26. The van der Waals surface area contributed by atoms with Crippen LogP contribution in [0, 0.1) is 0 Å². The van der Waals surface area contributed by atoms with Gasteiger partial charge in [0.25, 0.3) is 0 Å². The summed E-state index contributed by atoms with van der Waals surface area (Å²) in [6.45, 7) is 0.641. The zero-order valence-electron chi connectivity index (χ0n) is 11.4. The molecule has 1 aliphatic carbocycles. The van der Waals surface area contributed by atoms with Gasteiger partial charge < -0.3 is 5.32 Å². The first kappa shape index (κ1) is 14.4. The van der Waals surface area contributed by atoms with Crippen LogP contribution in [0.3, 0.4) is 0 Å². The number of carbonyl (C=O) groups excluding carboxylic acids is 1. The molecule has 1 N–H and O–H groups in total. The molecule has 2 rings (SSSR count). The van der Waals surface area contributed by atoms with Crippen LogP contribution in [-0.2, 0) is 11.2 Å². The molecule has 0 atom stereocenters. The fourth-order valence-electron chi connectivity index (χ4n) is 2.79. The van der Waals surface area contributed by atoms with E-state index in [1.54, 1.807) is 0 Å². The fraction of sp³-hybridized carbons (Fsp3) is 0.562. The Morgan fingerprint density at radius 1 is 1.16 bits per heavy atom. The van der Waals surface area contributed by atoms with Gasteiger partial charge in [-0.25, -0.2) is 0 Å². The van der Waals surface area contributed by atoms with Gasteiger partial charge in [-0.1, -0.05) is 43.5 Å². The van der Waals surface area contributed by atoms with Crippen LogP contribution in [-0.4, -0.2) is 18.2 Å². The van der Waals surface area contributed by atoms with Crippen molar-refractivity contribution in [3.05, 3.63) is 35.4 Å². The molecule has 1 amide bonds. The molecule has 0 bridgehead atoms. The molecule has 19 heavy (non-hydrogen) atoms. The Morgan fingerprint density at radius 2 is 1.84 bits per heavy atom. The second-order valence-electron chi connectivity index (χ2n) is 5.33. The van der Waals surface area contributed by atoms with Crippen LogP contribution in [0.4, 0.5) is 0 Å². The van der Waals surface area contributed by atoms with Crippen molar-refractivity contribution in [2.45, 2.75) is 44.4 Å². The highest BCUT2D eigenvalue weighted by atomic mass is 32.1. The van der Waals surface area contributed by atoms with Crippen molar-refractivity contribution >= 4 is 18.5 Å². The van der Waals surface area contributed by atoms with Crippen molar-refractivity contribution in [3.8, 4) is 0 Å². The Labute approximate surface area is 121 Å². The van der Waals surface area contributed by atoms with Gasteiger partial charge >= 0.3 is 0 Å². The highest BCUT2D eigenvalue weighted by Gasteiger charge is 2.15. The van der Waals surface area contributed by atoms with E-state index in [0.29, 0.717) is 18.7 Å². The minimum atomic E-state index is 0.0828. The Kier molecular flexibility index (Phi) is 5.77. The van der Waals surface area contributed by atoms with Crippen molar-refractivity contribution in [2.75, 3.05) is 12.3 Å². The highest BCUT2D eigenvalue weighted by molar-refractivity contribution is 7.80. The summed E-state index contributed by atoms with van der Waals surface area (Å²) in [6, 6.07) is 8.61. The zero-order valence-corrected chi connectivity index (χ0v) is 12.3. The maximum absolute atomic E-state index is 11.6. The largest absolute Gasteiger partial charge is 0.355 e. The van der Waals surface area contributed by atoms with Gasteiger partial charge in [-0.2, -0.15) is 12.6 Å². The number of hydrogen-bond donors (Lipinski definition) is 2. The average molecular weight is 277 g/mol. The Bertz CT molecular complexity index is 396. The zero-order chi connectivity index (χ0) is 13.5. The second kappa shape index (κ2) is 7.59.